The van der Waals surface area contributed by atoms with Gasteiger partial charge < -0.3 is 16.4 Å². The highest BCUT2D eigenvalue weighted by Gasteiger charge is 2.17. The molecule has 0 bridgehead atoms. The Morgan fingerprint density at radius 1 is 1.24 bits per heavy atom. The summed E-state index contributed by atoms with van der Waals surface area (Å²) in [6, 6.07) is 0. The van der Waals surface area contributed by atoms with Crippen LogP contribution in [0.3, 0.4) is 0 Å². The van der Waals surface area contributed by atoms with E-state index in [9.17, 15) is 9.59 Å². The van der Waals surface area contributed by atoms with Crippen molar-refractivity contribution in [1.29, 1.82) is 0 Å². The number of hydrogen-bond donors (Lipinski definition) is 3. The van der Waals surface area contributed by atoms with Gasteiger partial charge in [0.2, 0.25) is 11.8 Å². The molecule has 0 rings (SSSR count). The Hall–Kier alpha value is -1.10. The first-order chi connectivity index (χ1) is 7.76. The van der Waals surface area contributed by atoms with E-state index in [1.807, 2.05) is 27.7 Å². The lowest BCUT2D eigenvalue weighted by Crippen LogP contribution is -2.49. The van der Waals surface area contributed by atoms with Gasteiger partial charge in [0.05, 0.1) is 0 Å². The van der Waals surface area contributed by atoms with E-state index in [4.69, 9.17) is 5.73 Å². The number of hydrogen-bond acceptors (Lipinski definition) is 3. The third-order valence-electron chi connectivity index (χ3n) is 2.26. The van der Waals surface area contributed by atoms with E-state index in [1.54, 1.807) is 0 Å². The fourth-order valence-corrected chi connectivity index (χ4v) is 1.25. The van der Waals surface area contributed by atoms with Crippen molar-refractivity contribution in [2.45, 2.75) is 46.1 Å². The summed E-state index contributed by atoms with van der Waals surface area (Å²) in [5.74, 6) is 0.233. The topological polar surface area (TPSA) is 84.2 Å². The van der Waals surface area contributed by atoms with Gasteiger partial charge >= 0.3 is 0 Å². The van der Waals surface area contributed by atoms with Gasteiger partial charge in [-0.2, -0.15) is 0 Å². The molecule has 2 amide bonds. The molecule has 0 aliphatic rings. The molecule has 0 unspecified atom stereocenters. The van der Waals surface area contributed by atoms with Crippen LogP contribution in [-0.2, 0) is 9.59 Å². The Morgan fingerprint density at radius 3 is 2.29 bits per heavy atom. The Labute approximate surface area is 104 Å². The summed E-state index contributed by atoms with van der Waals surface area (Å²) in [6.07, 6.45) is 0.781. The standard InChI is InChI=1S/C12H25N3O2/c1-9(2)7-11(17)14-6-5-10(16)15-12(3,4)8-13/h9H,5-8,13H2,1-4H3,(H,14,17)(H,15,16). The second kappa shape index (κ2) is 7.27. The zero-order valence-electron chi connectivity index (χ0n) is 11.3. The fraction of sp³-hybridized carbons (Fsp3) is 0.833. The minimum atomic E-state index is -0.390. The third-order valence-corrected chi connectivity index (χ3v) is 2.26. The predicted molar refractivity (Wildman–Crippen MR) is 68.4 cm³/mol. The van der Waals surface area contributed by atoms with Gasteiger partial charge in [-0.15, -0.1) is 0 Å². The summed E-state index contributed by atoms with van der Waals surface area (Å²) in [5.41, 5.74) is 5.11. The van der Waals surface area contributed by atoms with Crippen LogP contribution in [0.4, 0.5) is 0 Å². The highest BCUT2D eigenvalue weighted by molar-refractivity contribution is 5.79. The molecule has 0 aromatic carbocycles. The van der Waals surface area contributed by atoms with Gasteiger partial charge in [-0.25, -0.2) is 0 Å². The van der Waals surface area contributed by atoms with Gasteiger partial charge in [-0.1, -0.05) is 13.8 Å². The van der Waals surface area contributed by atoms with E-state index >= 15 is 0 Å². The second-order valence-electron chi connectivity index (χ2n) is 5.33. The summed E-state index contributed by atoms with van der Waals surface area (Å²) in [7, 11) is 0. The molecule has 4 N–H and O–H groups in total. The summed E-state index contributed by atoms with van der Waals surface area (Å²) < 4.78 is 0. The lowest BCUT2D eigenvalue weighted by atomic mass is 10.1. The minimum Gasteiger partial charge on any atom is -0.356 e. The molecule has 100 valence electrons. The molecule has 0 spiro atoms. The largest absolute Gasteiger partial charge is 0.356 e. The number of carbonyl (C=O) groups excluding carboxylic acids is 2. The maximum Gasteiger partial charge on any atom is 0.222 e. The van der Waals surface area contributed by atoms with Gasteiger partial charge in [0.25, 0.3) is 0 Å². The second-order valence-corrected chi connectivity index (χ2v) is 5.33. The molecule has 0 aromatic heterocycles. The summed E-state index contributed by atoms with van der Waals surface area (Å²) in [6.45, 7) is 8.45. The van der Waals surface area contributed by atoms with E-state index in [1.165, 1.54) is 0 Å². The van der Waals surface area contributed by atoms with Crippen LogP contribution in [0.1, 0.15) is 40.5 Å². The minimum absolute atomic E-state index is 0.00844. The van der Waals surface area contributed by atoms with Crippen LogP contribution in [0.25, 0.3) is 0 Å². The van der Waals surface area contributed by atoms with Crippen LogP contribution in [-0.4, -0.2) is 30.4 Å². The van der Waals surface area contributed by atoms with Gasteiger partial charge in [-0.3, -0.25) is 9.59 Å². The average molecular weight is 243 g/mol. The molecule has 0 fully saturated rings. The van der Waals surface area contributed by atoms with Crippen LogP contribution >= 0.6 is 0 Å². The predicted octanol–water partition coefficient (Wildman–Crippen LogP) is 0.392. The summed E-state index contributed by atoms with van der Waals surface area (Å²) in [4.78, 5) is 22.8. The first-order valence-corrected chi connectivity index (χ1v) is 6.04. The molecule has 5 nitrogen and oxygen atoms in total. The van der Waals surface area contributed by atoms with Crippen LogP contribution in [0, 0.1) is 5.92 Å². The molecule has 0 aliphatic heterocycles. The zero-order chi connectivity index (χ0) is 13.5. The van der Waals surface area contributed by atoms with E-state index in [0.29, 0.717) is 25.4 Å². The normalized spacial score (nSPS) is 11.4. The Balaban J connectivity index is 3.75. The maximum atomic E-state index is 11.5. The highest BCUT2D eigenvalue weighted by atomic mass is 16.2. The van der Waals surface area contributed by atoms with Crippen LogP contribution < -0.4 is 16.4 Å². The van der Waals surface area contributed by atoms with Crippen molar-refractivity contribution >= 4 is 11.8 Å². The first kappa shape index (κ1) is 15.9. The van der Waals surface area contributed by atoms with Crippen molar-refractivity contribution in [2.24, 2.45) is 11.7 Å². The molecule has 0 atom stereocenters. The van der Waals surface area contributed by atoms with Crippen LogP contribution in [0.5, 0.6) is 0 Å². The van der Waals surface area contributed by atoms with Gasteiger partial charge in [0, 0.05) is 31.5 Å². The average Bonchev–Trinajstić information content (AvgIpc) is 2.15. The molecule has 0 heterocycles. The molecule has 5 heteroatoms. The molecule has 0 saturated heterocycles. The van der Waals surface area contributed by atoms with Crippen molar-refractivity contribution in [2.75, 3.05) is 13.1 Å². The Kier molecular flexibility index (Phi) is 6.80. The van der Waals surface area contributed by atoms with Crippen molar-refractivity contribution < 1.29 is 9.59 Å². The van der Waals surface area contributed by atoms with E-state index in [2.05, 4.69) is 10.6 Å². The number of nitrogens with two attached hydrogens (primary N) is 1. The monoisotopic (exact) mass is 243 g/mol. The number of nitrogens with one attached hydrogen (secondary N) is 2. The highest BCUT2D eigenvalue weighted by Crippen LogP contribution is 1.99. The van der Waals surface area contributed by atoms with Gasteiger partial charge in [0.1, 0.15) is 0 Å². The molecule has 0 aliphatic carbocycles. The lowest BCUT2D eigenvalue weighted by molar-refractivity contribution is -0.123. The third kappa shape index (κ3) is 8.68. The van der Waals surface area contributed by atoms with Crippen molar-refractivity contribution in [3.63, 3.8) is 0 Å². The molecule has 0 aromatic rings. The summed E-state index contributed by atoms with van der Waals surface area (Å²) in [5, 5.41) is 5.52. The van der Waals surface area contributed by atoms with Crippen LogP contribution in [0.15, 0.2) is 0 Å². The molecule has 0 radical (unpaired) electrons. The van der Waals surface area contributed by atoms with Gasteiger partial charge in [-0.05, 0) is 19.8 Å². The molecular formula is C12H25N3O2. The number of carbonyl (C=O) groups is 2. The van der Waals surface area contributed by atoms with E-state index in [0.717, 1.165) is 0 Å². The number of amides is 2. The molecule has 17 heavy (non-hydrogen) atoms. The lowest BCUT2D eigenvalue weighted by Gasteiger charge is -2.24. The smallest absolute Gasteiger partial charge is 0.222 e. The number of rotatable bonds is 7. The van der Waals surface area contributed by atoms with Crippen molar-refractivity contribution in [1.82, 2.24) is 10.6 Å². The maximum absolute atomic E-state index is 11.5. The van der Waals surface area contributed by atoms with Crippen molar-refractivity contribution in [3.8, 4) is 0 Å². The fourth-order valence-electron chi connectivity index (χ4n) is 1.25. The SMILES string of the molecule is CC(C)CC(=O)NCCC(=O)NC(C)(C)CN. The quantitative estimate of drug-likeness (QED) is 0.605. The zero-order valence-corrected chi connectivity index (χ0v) is 11.3. The van der Waals surface area contributed by atoms with Gasteiger partial charge in [0.15, 0.2) is 0 Å². The van der Waals surface area contributed by atoms with Crippen molar-refractivity contribution in [3.05, 3.63) is 0 Å². The molecular weight excluding hydrogens is 218 g/mol. The van der Waals surface area contributed by atoms with Crippen LogP contribution in [0.2, 0.25) is 0 Å². The first-order valence-electron chi connectivity index (χ1n) is 6.04. The molecule has 0 saturated carbocycles. The van der Waals surface area contributed by atoms with E-state index < -0.39 is 0 Å². The van der Waals surface area contributed by atoms with E-state index in [-0.39, 0.29) is 23.8 Å². The Morgan fingerprint density at radius 2 is 1.82 bits per heavy atom. The Bertz CT molecular complexity index is 262. The summed E-state index contributed by atoms with van der Waals surface area (Å²) >= 11 is 0.